The van der Waals surface area contributed by atoms with Crippen LogP contribution < -0.4 is 11.1 Å². The van der Waals surface area contributed by atoms with Crippen LogP contribution in [0.2, 0.25) is 0 Å². The van der Waals surface area contributed by atoms with Gasteiger partial charge in [0.25, 0.3) is 5.91 Å². The number of amides is 1. The summed E-state index contributed by atoms with van der Waals surface area (Å²) in [4.78, 5) is 35.9. The fourth-order valence-corrected chi connectivity index (χ4v) is 3.99. The maximum Gasteiger partial charge on any atom is 0.270 e. The van der Waals surface area contributed by atoms with Crippen LogP contribution in [0.15, 0.2) is 42.5 Å². The van der Waals surface area contributed by atoms with Crippen molar-refractivity contribution in [1.29, 1.82) is 0 Å². The SMILES string of the molecule is Cc1ccc(C(=O)c2ccc(O)c(-c3cc(C(=O)NCCN4CCCC4)nc(N)n3)c2)c(F)c1. The molecule has 0 saturated carbocycles. The Bertz CT molecular complexity index is 1240. The van der Waals surface area contributed by atoms with Gasteiger partial charge in [0.1, 0.15) is 17.3 Å². The van der Waals surface area contributed by atoms with Gasteiger partial charge in [0.15, 0.2) is 5.78 Å². The fraction of sp³-hybridized carbons (Fsp3) is 0.280. The van der Waals surface area contributed by atoms with E-state index in [1.807, 2.05) is 0 Å². The highest BCUT2D eigenvalue weighted by atomic mass is 19.1. The number of hydrogen-bond acceptors (Lipinski definition) is 7. The lowest BCUT2D eigenvalue weighted by Gasteiger charge is -2.14. The Hall–Kier alpha value is -3.85. The summed E-state index contributed by atoms with van der Waals surface area (Å²) in [6.07, 6.45) is 2.34. The topological polar surface area (TPSA) is 121 Å². The van der Waals surface area contributed by atoms with Crippen LogP contribution in [0.3, 0.4) is 0 Å². The zero-order chi connectivity index (χ0) is 24.2. The third-order valence-corrected chi connectivity index (χ3v) is 5.79. The Morgan fingerprint density at radius 2 is 1.88 bits per heavy atom. The maximum absolute atomic E-state index is 14.3. The summed E-state index contributed by atoms with van der Waals surface area (Å²) < 4.78 is 14.3. The van der Waals surface area contributed by atoms with E-state index in [1.54, 1.807) is 13.0 Å². The van der Waals surface area contributed by atoms with Gasteiger partial charge in [-0.15, -0.1) is 0 Å². The number of anilines is 1. The Balaban J connectivity index is 1.58. The van der Waals surface area contributed by atoms with Gasteiger partial charge in [-0.3, -0.25) is 9.59 Å². The second-order valence-electron chi connectivity index (χ2n) is 8.35. The van der Waals surface area contributed by atoms with Crippen molar-refractivity contribution in [3.05, 3.63) is 70.7 Å². The van der Waals surface area contributed by atoms with Crippen LogP contribution in [-0.4, -0.2) is 57.8 Å². The molecule has 2 aromatic carbocycles. The minimum atomic E-state index is -0.626. The number of likely N-dealkylation sites (tertiary alicyclic amines) is 1. The first kappa shape index (κ1) is 23.3. The average Bonchev–Trinajstić information content (AvgIpc) is 3.32. The van der Waals surface area contributed by atoms with Crippen molar-refractivity contribution in [2.45, 2.75) is 19.8 Å². The Labute approximate surface area is 196 Å². The number of nitrogen functional groups attached to an aromatic ring is 1. The number of hydrogen-bond donors (Lipinski definition) is 3. The summed E-state index contributed by atoms with van der Waals surface area (Å²) in [6, 6.07) is 9.88. The first-order chi connectivity index (χ1) is 16.3. The molecule has 4 N–H and O–H groups in total. The van der Waals surface area contributed by atoms with Crippen LogP contribution in [0.1, 0.15) is 44.8 Å². The van der Waals surface area contributed by atoms with Crippen molar-refractivity contribution in [3.63, 3.8) is 0 Å². The molecule has 0 radical (unpaired) electrons. The smallest absolute Gasteiger partial charge is 0.270 e. The summed E-state index contributed by atoms with van der Waals surface area (Å²) in [5.41, 5.74) is 7.00. The van der Waals surface area contributed by atoms with Crippen molar-refractivity contribution < 1.29 is 19.1 Å². The summed E-state index contributed by atoms with van der Waals surface area (Å²) in [5.74, 6) is -1.90. The first-order valence-corrected chi connectivity index (χ1v) is 11.1. The maximum atomic E-state index is 14.3. The van der Waals surface area contributed by atoms with Crippen LogP contribution in [0, 0.1) is 12.7 Å². The molecule has 3 aromatic rings. The zero-order valence-corrected chi connectivity index (χ0v) is 18.8. The summed E-state index contributed by atoms with van der Waals surface area (Å²) >= 11 is 0. The van der Waals surface area contributed by atoms with Crippen LogP contribution in [0.4, 0.5) is 10.3 Å². The molecule has 176 valence electrons. The molecule has 1 aromatic heterocycles. The molecule has 0 unspecified atom stereocenters. The monoisotopic (exact) mass is 463 g/mol. The van der Waals surface area contributed by atoms with Gasteiger partial charge >= 0.3 is 0 Å². The summed E-state index contributed by atoms with van der Waals surface area (Å²) in [6.45, 7) is 5.01. The molecular weight excluding hydrogens is 437 g/mol. The molecule has 0 spiro atoms. The van der Waals surface area contributed by atoms with E-state index >= 15 is 0 Å². The molecule has 1 aliphatic rings. The number of phenolic OH excluding ortho intramolecular Hbond substituents is 1. The van der Waals surface area contributed by atoms with Crippen molar-refractivity contribution in [3.8, 4) is 17.0 Å². The lowest BCUT2D eigenvalue weighted by molar-refractivity contribution is 0.0944. The summed E-state index contributed by atoms with van der Waals surface area (Å²) in [7, 11) is 0. The number of rotatable bonds is 7. The quantitative estimate of drug-likeness (QED) is 0.461. The van der Waals surface area contributed by atoms with E-state index in [4.69, 9.17) is 5.73 Å². The van der Waals surface area contributed by atoms with E-state index in [1.165, 1.54) is 49.2 Å². The lowest BCUT2D eigenvalue weighted by Crippen LogP contribution is -2.34. The molecule has 8 nitrogen and oxygen atoms in total. The number of aryl methyl sites for hydroxylation is 1. The predicted octanol–water partition coefficient (Wildman–Crippen LogP) is 2.94. The van der Waals surface area contributed by atoms with Gasteiger partial charge in [-0.05, 0) is 74.8 Å². The third-order valence-electron chi connectivity index (χ3n) is 5.79. The molecule has 1 saturated heterocycles. The summed E-state index contributed by atoms with van der Waals surface area (Å²) in [5, 5.41) is 13.2. The molecule has 0 bridgehead atoms. The van der Waals surface area contributed by atoms with E-state index in [0.29, 0.717) is 12.1 Å². The zero-order valence-electron chi connectivity index (χ0n) is 18.8. The highest BCUT2D eigenvalue weighted by Crippen LogP contribution is 2.30. The second-order valence-corrected chi connectivity index (χ2v) is 8.35. The van der Waals surface area contributed by atoms with E-state index in [9.17, 15) is 19.1 Å². The number of halogens is 1. The molecule has 4 rings (SSSR count). The number of carbonyl (C=O) groups excluding carboxylic acids is 2. The van der Waals surface area contributed by atoms with Gasteiger partial charge < -0.3 is 21.1 Å². The fourth-order valence-electron chi connectivity index (χ4n) is 3.99. The van der Waals surface area contributed by atoms with Crippen molar-refractivity contribution in [2.75, 3.05) is 31.9 Å². The second kappa shape index (κ2) is 9.96. The van der Waals surface area contributed by atoms with Gasteiger partial charge in [0.2, 0.25) is 5.95 Å². The van der Waals surface area contributed by atoms with Crippen molar-refractivity contribution >= 4 is 17.6 Å². The van der Waals surface area contributed by atoms with Gasteiger partial charge in [-0.25, -0.2) is 14.4 Å². The minimum Gasteiger partial charge on any atom is -0.507 e. The van der Waals surface area contributed by atoms with Crippen LogP contribution in [0.25, 0.3) is 11.3 Å². The Morgan fingerprint density at radius 3 is 2.62 bits per heavy atom. The number of nitrogens with one attached hydrogen (secondary N) is 1. The molecule has 9 heteroatoms. The number of aromatic hydroxyl groups is 1. The number of nitrogens with two attached hydrogens (primary N) is 1. The molecule has 2 heterocycles. The molecule has 1 aliphatic heterocycles. The minimum absolute atomic E-state index is 0.0460. The largest absolute Gasteiger partial charge is 0.507 e. The van der Waals surface area contributed by atoms with E-state index < -0.39 is 17.5 Å². The molecular formula is C25H26FN5O3. The van der Waals surface area contributed by atoms with E-state index in [0.717, 1.165) is 19.6 Å². The predicted molar refractivity (Wildman–Crippen MR) is 126 cm³/mol. The average molecular weight is 464 g/mol. The van der Waals surface area contributed by atoms with Gasteiger partial charge in [-0.2, -0.15) is 0 Å². The van der Waals surface area contributed by atoms with Gasteiger partial charge in [0, 0.05) is 24.2 Å². The van der Waals surface area contributed by atoms with Crippen LogP contribution in [-0.2, 0) is 0 Å². The van der Waals surface area contributed by atoms with Crippen LogP contribution in [0.5, 0.6) is 5.75 Å². The standard InChI is InChI=1S/C25H26FN5O3/c1-15-4-6-17(19(26)12-15)23(33)16-5-7-22(32)18(13-16)20-14-21(30-25(27)29-20)24(34)28-8-11-31-9-2-3-10-31/h4-7,12-14,32H,2-3,8-11H2,1H3,(H,28,34)(H2,27,29,30). The number of phenols is 1. The molecule has 34 heavy (non-hydrogen) atoms. The number of ketones is 1. The number of benzene rings is 2. The lowest BCUT2D eigenvalue weighted by atomic mass is 9.98. The number of aromatic nitrogens is 2. The molecule has 1 amide bonds. The van der Waals surface area contributed by atoms with E-state index in [-0.39, 0.29) is 39.8 Å². The highest BCUT2D eigenvalue weighted by molar-refractivity contribution is 6.10. The van der Waals surface area contributed by atoms with Crippen LogP contribution >= 0.6 is 0 Å². The van der Waals surface area contributed by atoms with Gasteiger partial charge in [0.05, 0.1) is 11.3 Å². The van der Waals surface area contributed by atoms with Crippen molar-refractivity contribution in [2.24, 2.45) is 0 Å². The van der Waals surface area contributed by atoms with E-state index in [2.05, 4.69) is 20.2 Å². The van der Waals surface area contributed by atoms with Crippen molar-refractivity contribution in [1.82, 2.24) is 20.2 Å². The normalized spacial score (nSPS) is 13.7. The Morgan fingerprint density at radius 1 is 1.12 bits per heavy atom. The molecule has 1 fully saturated rings. The van der Waals surface area contributed by atoms with Gasteiger partial charge in [-0.1, -0.05) is 6.07 Å². The number of carbonyl (C=O) groups is 2. The third kappa shape index (κ3) is 5.20. The molecule has 0 atom stereocenters. The number of nitrogens with zero attached hydrogens (tertiary/aromatic N) is 3. The Kier molecular flexibility index (Phi) is 6.83. The first-order valence-electron chi connectivity index (χ1n) is 11.1. The highest BCUT2D eigenvalue weighted by Gasteiger charge is 2.19. The molecule has 0 aliphatic carbocycles.